The molecule has 0 aliphatic carbocycles. The molecule has 0 spiro atoms. The smallest absolute Gasteiger partial charge is 0.277 e. The number of benzene rings is 2. The van der Waals surface area contributed by atoms with E-state index in [0.717, 1.165) is 16.9 Å². The average Bonchev–Trinajstić information content (AvgIpc) is 3.14. The van der Waals surface area contributed by atoms with Gasteiger partial charge in [0.1, 0.15) is 5.75 Å². The van der Waals surface area contributed by atoms with Gasteiger partial charge in [0.15, 0.2) is 6.61 Å². The van der Waals surface area contributed by atoms with E-state index in [4.69, 9.17) is 20.8 Å². The number of aromatic nitrogens is 2. The zero-order valence-electron chi connectivity index (χ0n) is 16.4. The van der Waals surface area contributed by atoms with Crippen molar-refractivity contribution in [3.05, 3.63) is 64.5 Å². The molecule has 0 bridgehead atoms. The van der Waals surface area contributed by atoms with Crippen molar-refractivity contribution in [1.82, 2.24) is 10.2 Å². The molecule has 2 aromatic carbocycles. The van der Waals surface area contributed by atoms with E-state index in [0.29, 0.717) is 27.7 Å². The summed E-state index contributed by atoms with van der Waals surface area (Å²) in [6, 6.07) is 13.1. The van der Waals surface area contributed by atoms with Crippen molar-refractivity contribution in [1.29, 1.82) is 0 Å². The second-order valence-electron chi connectivity index (χ2n) is 6.79. The molecule has 0 saturated carbocycles. The first-order chi connectivity index (χ1) is 13.9. The van der Waals surface area contributed by atoms with E-state index in [1.165, 1.54) is 11.8 Å². The van der Waals surface area contributed by atoms with Gasteiger partial charge in [0.2, 0.25) is 5.91 Å². The molecule has 29 heavy (non-hydrogen) atoms. The van der Waals surface area contributed by atoms with E-state index in [-0.39, 0.29) is 18.3 Å². The topological polar surface area (TPSA) is 77.2 Å². The third kappa shape index (κ3) is 6.24. The number of carbonyl (C=O) groups excluding carboxylic acids is 1. The number of amides is 1. The van der Waals surface area contributed by atoms with Crippen LogP contribution >= 0.6 is 23.4 Å². The fraction of sp³-hybridized carbons (Fsp3) is 0.286. The number of carbonyl (C=O) groups is 1. The number of ether oxygens (including phenoxy) is 1. The number of rotatable bonds is 8. The summed E-state index contributed by atoms with van der Waals surface area (Å²) >= 11 is 7.00. The van der Waals surface area contributed by atoms with Gasteiger partial charge < -0.3 is 14.5 Å². The van der Waals surface area contributed by atoms with Gasteiger partial charge >= 0.3 is 0 Å². The van der Waals surface area contributed by atoms with E-state index in [9.17, 15) is 4.79 Å². The number of hydrogen-bond acceptors (Lipinski definition) is 6. The summed E-state index contributed by atoms with van der Waals surface area (Å²) in [7, 11) is 0. The number of anilines is 1. The minimum atomic E-state index is -0.172. The Balaban J connectivity index is 1.51. The van der Waals surface area contributed by atoms with Crippen LogP contribution in [0.5, 0.6) is 5.75 Å². The highest BCUT2D eigenvalue weighted by molar-refractivity contribution is 7.99. The fourth-order valence-corrected chi connectivity index (χ4v) is 3.30. The number of nitrogens with zero attached hydrogens (tertiary/aromatic N) is 2. The lowest BCUT2D eigenvalue weighted by Crippen LogP contribution is -2.13. The molecule has 1 amide bonds. The molecule has 0 saturated heterocycles. The molecule has 0 radical (unpaired) electrons. The molecule has 0 aliphatic heterocycles. The standard InChI is InChI=1S/C21H22ClN3O3S/c1-13(2)17-9-4-14(3)10-18(17)27-11-20-24-25-21(28-20)29-12-19(26)23-16-7-5-15(22)6-8-16/h4-10,13H,11-12H2,1-3H3,(H,23,26). The van der Waals surface area contributed by atoms with Gasteiger partial charge in [-0.1, -0.05) is 49.3 Å². The Kier molecular flexibility index (Phi) is 7.17. The van der Waals surface area contributed by atoms with Gasteiger partial charge in [0.05, 0.1) is 5.75 Å². The zero-order valence-corrected chi connectivity index (χ0v) is 18.0. The SMILES string of the molecule is Cc1ccc(C(C)C)c(OCc2nnc(SCC(=O)Nc3ccc(Cl)cc3)o2)c1. The highest BCUT2D eigenvalue weighted by atomic mass is 35.5. The van der Waals surface area contributed by atoms with Crippen LogP contribution in [-0.2, 0) is 11.4 Å². The average molecular weight is 432 g/mol. The first-order valence-corrected chi connectivity index (χ1v) is 10.5. The van der Waals surface area contributed by atoms with Crippen LogP contribution in [-0.4, -0.2) is 21.9 Å². The molecule has 3 rings (SSSR count). The Hall–Kier alpha value is -2.51. The second kappa shape index (κ2) is 9.80. The number of hydrogen-bond donors (Lipinski definition) is 1. The highest BCUT2D eigenvalue weighted by Gasteiger charge is 2.13. The molecule has 8 heteroatoms. The molecule has 0 fully saturated rings. The Morgan fingerprint density at radius 2 is 1.97 bits per heavy atom. The van der Waals surface area contributed by atoms with Gasteiger partial charge in [-0.15, -0.1) is 10.2 Å². The van der Waals surface area contributed by atoms with Crippen LogP contribution < -0.4 is 10.1 Å². The maximum atomic E-state index is 12.0. The van der Waals surface area contributed by atoms with Crippen LogP contribution in [0.2, 0.25) is 5.02 Å². The molecule has 0 atom stereocenters. The van der Waals surface area contributed by atoms with Crippen molar-refractivity contribution in [3.8, 4) is 5.75 Å². The summed E-state index contributed by atoms with van der Waals surface area (Å²) < 4.78 is 11.5. The molecule has 0 aliphatic rings. The first kappa shape index (κ1) is 21.2. The number of aryl methyl sites for hydroxylation is 1. The van der Waals surface area contributed by atoms with E-state index in [1.807, 2.05) is 13.0 Å². The Morgan fingerprint density at radius 3 is 2.69 bits per heavy atom. The van der Waals surface area contributed by atoms with Crippen molar-refractivity contribution in [2.24, 2.45) is 0 Å². The van der Waals surface area contributed by atoms with Gasteiger partial charge in [-0.25, -0.2) is 0 Å². The molecule has 1 N–H and O–H groups in total. The minimum Gasteiger partial charge on any atom is -0.484 e. The lowest BCUT2D eigenvalue weighted by Gasteiger charge is -2.13. The number of nitrogens with one attached hydrogen (secondary N) is 1. The zero-order chi connectivity index (χ0) is 20.8. The molecule has 1 aromatic heterocycles. The molecule has 152 valence electrons. The highest BCUT2D eigenvalue weighted by Crippen LogP contribution is 2.28. The van der Waals surface area contributed by atoms with E-state index in [2.05, 4.69) is 41.5 Å². The van der Waals surface area contributed by atoms with Crippen molar-refractivity contribution in [2.75, 3.05) is 11.1 Å². The maximum absolute atomic E-state index is 12.0. The van der Waals surface area contributed by atoms with Gasteiger partial charge in [0, 0.05) is 10.7 Å². The molecule has 0 unspecified atom stereocenters. The van der Waals surface area contributed by atoms with Gasteiger partial charge in [-0.05, 0) is 54.3 Å². The fourth-order valence-electron chi connectivity index (χ4n) is 2.60. The predicted octanol–water partition coefficient (Wildman–Crippen LogP) is 5.46. The summed E-state index contributed by atoms with van der Waals surface area (Å²) in [5, 5.41) is 11.7. The van der Waals surface area contributed by atoms with Crippen LogP contribution in [0.3, 0.4) is 0 Å². The summed E-state index contributed by atoms with van der Waals surface area (Å²) in [4.78, 5) is 12.0. The van der Waals surface area contributed by atoms with Crippen molar-refractivity contribution in [3.63, 3.8) is 0 Å². The Bertz CT molecular complexity index is 974. The van der Waals surface area contributed by atoms with Crippen LogP contribution in [0.15, 0.2) is 52.1 Å². The van der Waals surface area contributed by atoms with E-state index in [1.54, 1.807) is 24.3 Å². The number of halogens is 1. The molecule has 6 nitrogen and oxygen atoms in total. The minimum absolute atomic E-state index is 0.153. The Morgan fingerprint density at radius 1 is 1.21 bits per heavy atom. The van der Waals surface area contributed by atoms with Gasteiger partial charge in [-0.3, -0.25) is 4.79 Å². The lowest BCUT2D eigenvalue weighted by atomic mass is 10.0. The molecular formula is C21H22ClN3O3S. The van der Waals surface area contributed by atoms with Gasteiger partial charge in [-0.2, -0.15) is 0 Å². The summed E-state index contributed by atoms with van der Waals surface area (Å²) in [6.45, 7) is 6.43. The van der Waals surface area contributed by atoms with Crippen molar-refractivity contribution in [2.45, 2.75) is 38.5 Å². The summed E-state index contributed by atoms with van der Waals surface area (Å²) in [5.74, 6) is 1.50. The molecular weight excluding hydrogens is 410 g/mol. The van der Waals surface area contributed by atoms with E-state index < -0.39 is 0 Å². The van der Waals surface area contributed by atoms with Crippen LogP contribution in [0.4, 0.5) is 5.69 Å². The van der Waals surface area contributed by atoms with E-state index >= 15 is 0 Å². The summed E-state index contributed by atoms with van der Waals surface area (Å²) in [5.41, 5.74) is 2.93. The third-order valence-corrected chi connectivity index (χ3v) is 5.12. The molecule has 1 heterocycles. The lowest BCUT2D eigenvalue weighted by molar-refractivity contribution is -0.113. The van der Waals surface area contributed by atoms with Crippen LogP contribution in [0, 0.1) is 6.92 Å². The first-order valence-electron chi connectivity index (χ1n) is 9.14. The number of thioether (sulfide) groups is 1. The summed E-state index contributed by atoms with van der Waals surface area (Å²) in [6.07, 6.45) is 0. The normalized spacial score (nSPS) is 10.9. The van der Waals surface area contributed by atoms with Gasteiger partial charge in [0.25, 0.3) is 11.1 Å². The monoisotopic (exact) mass is 431 g/mol. The van der Waals surface area contributed by atoms with Crippen LogP contribution in [0.1, 0.15) is 36.8 Å². The third-order valence-electron chi connectivity index (χ3n) is 4.05. The van der Waals surface area contributed by atoms with Crippen molar-refractivity contribution >= 4 is 35.0 Å². The quantitative estimate of drug-likeness (QED) is 0.477. The maximum Gasteiger partial charge on any atom is 0.277 e. The molecule has 3 aromatic rings. The van der Waals surface area contributed by atoms with Crippen molar-refractivity contribution < 1.29 is 13.9 Å². The van der Waals surface area contributed by atoms with Crippen LogP contribution in [0.25, 0.3) is 0 Å². The largest absolute Gasteiger partial charge is 0.484 e. The Labute approximate surface area is 179 Å². The predicted molar refractivity (Wildman–Crippen MR) is 115 cm³/mol. The second-order valence-corrected chi connectivity index (χ2v) is 8.15.